The van der Waals surface area contributed by atoms with Crippen LogP contribution in [0.1, 0.15) is 44.6 Å². The molecule has 0 saturated heterocycles. The van der Waals surface area contributed by atoms with Crippen LogP contribution in [0.5, 0.6) is 11.5 Å². The Balaban J connectivity index is 1.87. The molecule has 0 unspecified atom stereocenters. The van der Waals surface area contributed by atoms with Gasteiger partial charge >= 0.3 is 0 Å². The second kappa shape index (κ2) is 9.47. The van der Waals surface area contributed by atoms with Crippen LogP contribution in [0.2, 0.25) is 0 Å². The molecule has 1 aliphatic carbocycles. The molecule has 0 spiro atoms. The molecule has 168 valence electrons. The number of benzene rings is 2. The lowest BCUT2D eigenvalue weighted by atomic mass is 9.94. The Morgan fingerprint density at radius 2 is 1.59 bits per heavy atom. The summed E-state index contributed by atoms with van der Waals surface area (Å²) in [4.78, 5) is 31.0. The maximum absolute atomic E-state index is 13.8. The minimum absolute atomic E-state index is 0.0501. The van der Waals surface area contributed by atoms with Gasteiger partial charge in [0.25, 0.3) is 11.8 Å². The van der Waals surface area contributed by atoms with Crippen LogP contribution in [-0.4, -0.2) is 43.5 Å². The molecule has 0 N–H and O–H groups in total. The van der Waals surface area contributed by atoms with Crippen molar-refractivity contribution in [2.45, 2.75) is 45.1 Å². The standard InChI is InChI=1S/C26H30N2O4/c1-4-27(19-11-7-5-8-12-19)24-23(18-15-16-21(31-2)22(17-18)32-3)25(29)28(26(24)30)20-13-9-6-10-14-20/h5,7-8,11-12,15-17,20H,4,6,9-10,13-14H2,1-3H3. The van der Waals surface area contributed by atoms with Crippen LogP contribution in [0.25, 0.3) is 5.57 Å². The van der Waals surface area contributed by atoms with Gasteiger partial charge in [0.15, 0.2) is 11.5 Å². The van der Waals surface area contributed by atoms with Gasteiger partial charge in [0, 0.05) is 18.3 Å². The van der Waals surface area contributed by atoms with Gasteiger partial charge in [-0.25, -0.2) is 0 Å². The first-order valence-electron chi connectivity index (χ1n) is 11.3. The summed E-state index contributed by atoms with van der Waals surface area (Å²) >= 11 is 0. The van der Waals surface area contributed by atoms with Gasteiger partial charge in [-0.05, 0) is 49.6 Å². The van der Waals surface area contributed by atoms with Crippen molar-refractivity contribution in [2.75, 3.05) is 25.7 Å². The predicted molar refractivity (Wildman–Crippen MR) is 125 cm³/mol. The zero-order valence-electron chi connectivity index (χ0n) is 19.0. The molecule has 32 heavy (non-hydrogen) atoms. The number of carbonyl (C=O) groups excluding carboxylic acids is 2. The van der Waals surface area contributed by atoms with E-state index in [-0.39, 0.29) is 17.9 Å². The van der Waals surface area contributed by atoms with Crippen molar-refractivity contribution in [3.8, 4) is 11.5 Å². The number of methoxy groups -OCH3 is 2. The highest BCUT2D eigenvalue weighted by Crippen LogP contribution is 2.40. The summed E-state index contributed by atoms with van der Waals surface area (Å²) < 4.78 is 10.8. The molecule has 2 aromatic rings. The molecule has 2 aliphatic rings. The minimum Gasteiger partial charge on any atom is -0.493 e. The third-order valence-corrected chi connectivity index (χ3v) is 6.36. The minimum atomic E-state index is -0.224. The highest BCUT2D eigenvalue weighted by molar-refractivity contribution is 6.37. The van der Waals surface area contributed by atoms with Crippen molar-refractivity contribution in [3.05, 3.63) is 59.8 Å². The van der Waals surface area contributed by atoms with Gasteiger partial charge in [0.1, 0.15) is 5.70 Å². The number of ether oxygens (including phenoxy) is 2. The predicted octanol–water partition coefficient (Wildman–Crippen LogP) is 4.64. The number of para-hydroxylation sites is 1. The maximum Gasteiger partial charge on any atom is 0.278 e. The van der Waals surface area contributed by atoms with Crippen LogP contribution in [0.15, 0.2) is 54.2 Å². The zero-order chi connectivity index (χ0) is 22.7. The molecular weight excluding hydrogens is 404 g/mol. The summed E-state index contributed by atoms with van der Waals surface area (Å²) in [6, 6.07) is 15.1. The number of likely N-dealkylation sites (N-methyl/N-ethyl adjacent to an activating group) is 1. The smallest absolute Gasteiger partial charge is 0.278 e. The van der Waals surface area contributed by atoms with E-state index in [4.69, 9.17) is 9.47 Å². The Kier molecular flexibility index (Phi) is 6.49. The van der Waals surface area contributed by atoms with Gasteiger partial charge in [0.2, 0.25) is 0 Å². The number of anilines is 1. The monoisotopic (exact) mass is 434 g/mol. The summed E-state index contributed by atoms with van der Waals surface area (Å²) in [7, 11) is 3.14. The summed E-state index contributed by atoms with van der Waals surface area (Å²) in [5.41, 5.74) is 2.40. The fraction of sp³-hybridized carbons (Fsp3) is 0.385. The molecule has 1 saturated carbocycles. The van der Waals surface area contributed by atoms with E-state index in [1.807, 2.05) is 48.2 Å². The second-order valence-electron chi connectivity index (χ2n) is 8.15. The van der Waals surface area contributed by atoms with Gasteiger partial charge in [-0.15, -0.1) is 0 Å². The van der Waals surface area contributed by atoms with Crippen LogP contribution in [0.4, 0.5) is 5.69 Å². The van der Waals surface area contributed by atoms with Crippen molar-refractivity contribution in [3.63, 3.8) is 0 Å². The fourth-order valence-corrected chi connectivity index (χ4v) is 4.79. The highest BCUT2D eigenvalue weighted by Gasteiger charge is 2.45. The molecule has 6 nitrogen and oxygen atoms in total. The van der Waals surface area contributed by atoms with Gasteiger partial charge in [-0.2, -0.15) is 0 Å². The molecule has 0 radical (unpaired) electrons. The topological polar surface area (TPSA) is 59.1 Å². The summed E-state index contributed by atoms with van der Waals surface area (Å²) in [5.74, 6) is 0.668. The van der Waals surface area contributed by atoms with Crippen molar-refractivity contribution in [2.24, 2.45) is 0 Å². The SMILES string of the molecule is CCN(C1=C(c2ccc(OC)c(OC)c2)C(=O)N(C2CCCCC2)C1=O)c1ccccc1. The van der Waals surface area contributed by atoms with Gasteiger partial charge < -0.3 is 14.4 Å². The van der Waals surface area contributed by atoms with E-state index in [0.29, 0.717) is 34.9 Å². The summed E-state index contributed by atoms with van der Waals surface area (Å²) in [6.07, 6.45) is 4.96. The van der Waals surface area contributed by atoms with Crippen molar-refractivity contribution < 1.29 is 19.1 Å². The van der Waals surface area contributed by atoms with E-state index < -0.39 is 0 Å². The molecule has 2 amide bonds. The first kappa shape index (κ1) is 21.9. The lowest BCUT2D eigenvalue weighted by molar-refractivity contribution is -0.140. The van der Waals surface area contributed by atoms with Crippen molar-refractivity contribution in [1.82, 2.24) is 4.90 Å². The van der Waals surface area contributed by atoms with Gasteiger partial charge in [-0.1, -0.05) is 43.5 Å². The Morgan fingerprint density at radius 1 is 0.906 bits per heavy atom. The number of hydrogen-bond acceptors (Lipinski definition) is 5. The number of imide groups is 1. The van der Waals surface area contributed by atoms with E-state index in [2.05, 4.69) is 0 Å². The third kappa shape index (κ3) is 3.85. The number of hydrogen-bond donors (Lipinski definition) is 0. The Bertz CT molecular complexity index is 1030. The molecule has 0 atom stereocenters. The largest absolute Gasteiger partial charge is 0.493 e. The third-order valence-electron chi connectivity index (χ3n) is 6.36. The quantitative estimate of drug-likeness (QED) is 0.594. The van der Waals surface area contributed by atoms with Crippen molar-refractivity contribution in [1.29, 1.82) is 0 Å². The van der Waals surface area contributed by atoms with Crippen LogP contribution in [0, 0.1) is 0 Å². The average molecular weight is 435 g/mol. The molecule has 0 aromatic heterocycles. The number of nitrogens with zero attached hydrogens (tertiary/aromatic N) is 2. The van der Waals surface area contributed by atoms with E-state index in [1.165, 1.54) is 4.90 Å². The van der Waals surface area contributed by atoms with E-state index >= 15 is 0 Å². The molecule has 2 aromatic carbocycles. The molecule has 0 bridgehead atoms. The number of carbonyl (C=O) groups is 2. The van der Waals surface area contributed by atoms with Gasteiger partial charge in [-0.3, -0.25) is 14.5 Å². The molecule has 1 aliphatic heterocycles. The lowest BCUT2D eigenvalue weighted by Crippen LogP contribution is -2.43. The molecule has 1 heterocycles. The summed E-state index contributed by atoms with van der Waals surface area (Å²) in [5, 5.41) is 0. The Hall–Kier alpha value is -3.28. The molecule has 1 fully saturated rings. The Morgan fingerprint density at radius 3 is 2.22 bits per heavy atom. The van der Waals surface area contributed by atoms with E-state index in [0.717, 1.165) is 37.8 Å². The fourth-order valence-electron chi connectivity index (χ4n) is 4.79. The zero-order valence-corrected chi connectivity index (χ0v) is 19.0. The molecular formula is C26H30N2O4. The van der Waals surface area contributed by atoms with Crippen LogP contribution in [0.3, 0.4) is 0 Å². The van der Waals surface area contributed by atoms with Crippen LogP contribution in [-0.2, 0) is 9.59 Å². The van der Waals surface area contributed by atoms with Crippen LogP contribution >= 0.6 is 0 Å². The lowest BCUT2D eigenvalue weighted by Gasteiger charge is -2.31. The first-order valence-corrected chi connectivity index (χ1v) is 11.3. The van der Waals surface area contributed by atoms with Crippen molar-refractivity contribution >= 4 is 23.1 Å². The average Bonchev–Trinajstić information content (AvgIpc) is 3.10. The maximum atomic E-state index is 13.8. The number of amides is 2. The highest BCUT2D eigenvalue weighted by atomic mass is 16.5. The Labute approximate surface area is 189 Å². The van der Waals surface area contributed by atoms with Gasteiger partial charge in [0.05, 0.1) is 19.8 Å². The normalized spacial score (nSPS) is 17.2. The van der Waals surface area contributed by atoms with E-state index in [1.54, 1.807) is 26.4 Å². The van der Waals surface area contributed by atoms with E-state index in [9.17, 15) is 9.59 Å². The molecule has 6 heteroatoms. The first-order chi connectivity index (χ1) is 15.6. The van der Waals surface area contributed by atoms with Crippen LogP contribution < -0.4 is 14.4 Å². The molecule has 4 rings (SSSR count). The summed E-state index contributed by atoms with van der Waals surface area (Å²) in [6.45, 7) is 2.56. The second-order valence-corrected chi connectivity index (χ2v) is 8.15. The number of rotatable bonds is 7.